The van der Waals surface area contributed by atoms with E-state index in [2.05, 4.69) is 23.5 Å². The number of nitrogens with one attached hydrogen (secondary N) is 2. The predicted molar refractivity (Wildman–Crippen MR) is 110 cm³/mol. The average molecular weight is 423 g/mol. The lowest BCUT2D eigenvalue weighted by Gasteiger charge is -2.25. The molecule has 1 heterocycles. The highest BCUT2D eigenvalue weighted by Gasteiger charge is 2.21. The second kappa shape index (κ2) is 8.61. The van der Waals surface area contributed by atoms with Gasteiger partial charge < -0.3 is 10.2 Å². The van der Waals surface area contributed by atoms with Crippen LogP contribution in [0.1, 0.15) is 17.5 Å². The lowest BCUT2D eigenvalue weighted by Crippen LogP contribution is -3.11. The van der Waals surface area contributed by atoms with Crippen LogP contribution in [0.4, 0.5) is 5.69 Å². The Kier molecular flexibility index (Phi) is 6.40. The van der Waals surface area contributed by atoms with Gasteiger partial charge in [-0.1, -0.05) is 35.9 Å². The van der Waals surface area contributed by atoms with E-state index in [0.717, 1.165) is 23.8 Å². The molecule has 8 heteroatoms. The molecule has 6 nitrogen and oxygen atoms in total. The Balaban J connectivity index is 1.61. The Morgan fingerprint density at radius 2 is 1.89 bits per heavy atom. The third-order valence-electron chi connectivity index (χ3n) is 5.00. The molecule has 2 N–H and O–H groups in total. The van der Waals surface area contributed by atoms with Crippen LogP contribution in [0.25, 0.3) is 0 Å². The molecule has 1 atom stereocenters. The molecule has 0 radical (unpaired) electrons. The number of quaternary nitrogens is 1. The summed E-state index contributed by atoms with van der Waals surface area (Å²) in [5, 5.41) is 3.06. The summed E-state index contributed by atoms with van der Waals surface area (Å²) in [7, 11) is -0.670. The van der Waals surface area contributed by atoms with Crippen molar-refractivity contribution in [3.05, 3.63) is 58.6 Å². The maximum absolute atomic E-state index is 12.4. The van der Waals surface area contributed by atoms with Gasteiger partial charge in [-0.25, -0.2) is 12.7 Å². The lowest BCUT2D eigenvalue weighted by atomic mass is 10.00. The first-order chi connectivity index (χ1) is 13.3. The molecule has 3 rings (SSSR count). The standard InChI is InChI=1S/C20H24ClN3O3S/c1-23(2)28(26,27)17-7-8-18(21)19(13-17)22-20(25)10-12-24-11-9-15-5-3-4-6-16(15)14-24/h3-8,13H,9-12,14H2,1-2H3,(H,22,25)/p+1. The average Bonchev–Trinajstić information content (AvgIpc) is 2.67. The normalized spacial score (nSPS) is 16.6. The van der Waals surface area contributed by atoms with Gasteiger partial charge in [0.2, 0.25) is 15.9 Å². The van der Waals surface area contributed by atoms with Crippen LogP contribution in [0.2, 0.25) is 5.02 Å². The smallest absolute Gasteiger partial charge is 0.242 e. The molecule has 0 fully saturated rings. The number of carbonyl (C=O) groups excluding carboxylic acids is 1. The number of carbonyl (C=O) groups is 1. The molecule has 1 unspecified atom stereocenters. The molecule has 0 aliphatic carbocycles. The molecule has 2 aromatic carbocycles. The molecule has 0 bridgehead atoms. The predicted octanol–water partition coefficient (Wildman–Crippen LogP) is 1.56. The van der Waals surface area contributed by atoms with Gasteiger partial charge in [-0.3, -0.25) is 4.79 Å². The second-order valence-corrected chi connectivity index (χ2v) is 9.73. The number of benzene rings is 2. The number of sulfonamides is 1. The summed E-state index contributed by atoms with van der Waals surface area (Å²) in [4.78, 5) is 13.9. The summed E-state index contributed by atoms with van der Waals surface area (Å²) in [5.41, 5.74) is 3.05. The van der Waals surface area contributed by atoms with Crippen molar-refractivity contribution in [2.45, 2.75) is 24.3 Å². The van der Waals surface area contributed by atoms with Gasteiger partial charge in [0.15, 0.2) is 0 Å². The van der Waals surface area contributed by atoms with E-state index in [0.29, 0.717) is 23.7 Å². The van der Waals surface area contributed by atoms with Crippen LogP contribution in [-0.2, 0) is 27.8 Å². The molecule has 150 valence electrons. The first-order valence-corrected chi connectivity index (χ1v) is 11.0. The monoisotopic (exact) mass is 422 g/mol. The van der Waals surface area contributed by atoms with E-state index in [4.69, 9.17) is 11.6 Å². The molecule has 1 amide bonds. The molecule has 1 aliphatic heterocycles. The zero-order valence-corrected chi connectivity index (χ0v) is 17.6. The number of hydrogen-bond donors (Lipinski definition) is 2. The molecular formula is C20H25ClN3O3S+. The highest BCUT2D eigenvalue weighted by atomic mass is 35.5. The van der Waals surface area contributed by atoms with Gasteiger partial charge in [-0.15, -0.1) is 0 Å². The van der Waals surface area contributed by atoms with Crippen LogP contribution in [0.3, 0.4) is 0 Å². The second-order valence-electron chi connectivity index (χ2n) is 7.17. The van der Waals surface area contributed by atoms with E-state index in [9.17, 15) is 13.2 Å². The Bertz CT molecular complexity index is 976. The summed E-state index contributed by atoms with van der Waals surface area (Å²) < 4.78 is 25.7. The number of rotatable bonds is 6. The highest BCUT2D eigenvalue weighted by molar-refractivity contribution is 7.89. The maximum atomic E-state index is 12.4. The van der Waals surface area contributed by atoms with Crippen molar-refractivity contribution >= 4 is 33.2 Å². The van der Waals surface area contributed by atoms with Crippen molar-refractivity contribution in [2.75, 3.05) is 32.5 Å². The first kappa shape index (κ1) is 20.8. The molecule has 0 saturated carbocycles. The van der Waals surface area contributed by atoms with Crippen LogP contribution >= 0.6 is 11.6 Å². The topological polar surface area (TPSA) is 70.9 Å². The van der Waals surface area contributed by atoms with Gasteiger partial charge in [-0.05, 0) is 23.8 Å². The molecule has 2 aromatic rings. The van der Waals surface area contributed by atoms with Gasteiger partial charge in [0, 0.05) is 26.1 Å². The Morgan fingerprint density at radius 3 is 2.61 bits per heavy atom. The fraction of sp³-hybridized carbons (Fsp3) is 0.350. The van der Waals surface area contributed by atoms with E-state index in [1.165, 1.54) is 48.3 Å². The highest BCUT2D eigenvalue weighted by Crippen LogP contribution is 2.26. The summed E-state index contributed by atoms with van der Waals surface area (Å²) in [6, 6.07) is 12.7. The van der Waals surface area contributed by atoms with E-state index >= 15 is 0 Å². The van der Waals surface area contributed by atoms with Crippen molar-refractivity contribution in [1.29, 1.82) is 0 Å². The third kappa shape index (κ3) is 4.72. The molecule has 1 aliphatic rings. The zero-order chi connectivity index (χ0) is 20.3. The van der Waals surface area contributed by atoms with Crippen LogP contribution in [0, 0.1) is 0 Å². The SMILES string of the molecule is CN(C)S(=O)(=O)c1ccc(Cl)c(NC(=O)CC[NH+]2CCc3ccccc3C2)c1. The van der Waals surface area contributed by atoms with Crippen LogP contribution in [0.5, 0.6) is 0 Å². The summed E-state index contributed by atoms with van der Waals surface area (Å²) in [6.07, 6.45) is 1.36. The fourth-order valence-corrected chi connectivity index (χ4v) is 4.42. The first-order valence-electron chi connectivity index (χ1n) is 9.19. The lowest BCUT2D eigenvalue weighted by molar-refractivity contribution is -0.915. The van der Waals surface area contributed by atoms with Gasteiger partial charge in [0.25, 0.3) is 0 Å². The number of fused-ring (bicyclic) bond motifs is 1. The van der Waals surface area contributed by atoms with Crippen molar-refractivity contribution < 1.29 is 18.1 Å². The number of anilines is 1. The van der Waals surface area contributed by atoms with E-state index in [-0.39, 0.29) is 10.8 Å². The summed E-state index contributed by atoms with van der Waals surface area (Å²) >= 11 is 6.15. The number of halogens is 1. The van der Waals surface area contributed by atoms with E-state index in [1.54, 1.807) is 0 Å². The van der Waals surface area contributed by atoms with Crippen molar-refractivity contribution in [3.8, 4) is 0 Å². The van der Waals surface area contributed by atoms with Crippen molar-refractivity contribution in [2.24, 2.45) is 0 Å². The van der Waals surface area contributed by atoms with Crippen LogP contribution < -0.4 is 10.2 Å². The van der Waals surface area contributed by atoms with Gasteiger partial charge in [0.1, 0.15) is 6.54 Å². The number of amides is 1. The molecule has 28 heavy (non-hydrogen) atoms. The zero-order valence-electron chi connectivity index (χ0n) is 16.0. The van der Waals surface area contributed by atoms with Gasteiger partial charge >= 0.3 is 0 Å². The maximum Gasteiger partial charge on any atom is 0.242 e. The fourth-order valence-electron chi connectivity index (χ4n) is 3.33. The molecular weight excluding hydrogens is 398 g/mol. The van der Waals surface area contributed by atoms with E-state index in [1.807, 2.05) is 6.07 Å². The molecule has 0 aromatic heterocycles. The minimum absolute atomic E-state index is 0.0930. The van der Waals surface area contributed by atoms with Crippen LogP contribution in [-0.4, -0.2) is 45.8 Å². The van der Waals surface area contributed by atoms with Gasteiger partial charge in [-0.2, -0.15) is 0 Å². The van der Waals surface area contributed by atoms with Crippen molar-refractivity contribution in [1.82, 2.24) is 4.31 Å². The third-order valence-corrected chi connectivity index (χ3v) is 7.14. The largest absolute Gasteiger partial charge is 0.330 e. The number of nitrogens with zero attached hydrogens (tertiary/aromatic N) is 1. The molecule has 0 spiro atoms. The van der Waals surface area contributed by atoms with E-state index < -0.39 is 10.0 Å². The summed E-state index contributed by atoms with van der Waals surface area (Å²) in [6.45, 7) is 2.63. The summed E-state index contributed by atoms with van der Waals surface area (Å²) in [5.74, 6) is -0.173. The Morgan fingerprint density at radius 1 is 1.18 bits per heavy atom. The van der Waals surface area contributed by atoms with Gasteiger partial charge in [0.05, 0.1) is 35.1 Å². The minimum Gasteiger partial charge on any atom is -0.330 e. The Labute approximate surface area is 171 Å². The Hall–Kier alpha value is -1.93. The number of hydrogen-bond acceptors (Lipinski definition) is 3. The molecule has 0 saturated heterocycles. The quantitative estimate of drug-likeness (QED) is 0.742. The van der Waals surface area contributed by atoms with Crippen LogP contribution in [0.15, 0.2) is 47.4 Å². The van der Waals surface area contributed by atoms with Crippen molar-refractivity contribution in [3.63, 3.8) is 0 Å². The minimum atomic E-state index is -3.59.